The Morgan fingerprint density at radius 2 is 2.05 bits per heavy atom. The molecule has 0 bridgehead atoms. The molecule has 0 unspecified atom stereocenters. The molecule has 2 N–H and O–H groups in total. The Labute approximate surface area is 111 Å². The first-order valence-electron chi connectivity index (χ1n) is 6.25. The molecule has 1 saturated heterocycles. The van der Waals surface area contributed by atoms with E-state index < -0.39 is 12.9 Å². The minimum atomic E-state index is -1.67. The van der Waals surface area contributed by atoms with E-state index in [2.05, 4.69) is 4.90 Å². The van der Waals surface area contributed by atoms with Crippen molar-refractivity contribution in [2.75, 3.05) is 39.5 Å². The minimum absolute atomic E-state index is 0.170. The number of benzene rings is 1. The molecule has 0 amide bonds. The zero-order chi connectivity index (χ0) is 13.7. The van der Waals surface area contributed by atoms with Gasteiger partial charge in [-0.1, -0.05) is 6.07 Å². The fourth-order valence-corrected chi connectivity index (χ4v) is 1.96. The highest BCUT2D eigenvalue weighted by molar-refractivity contribution is 6.59. The smallest absolute Gasteiger partial charge is 0.492 e. The first kappa shape index (κ1) is 14.3. The summed E-state index contributed by atoms with van der Waals surface area (Å²) in [6, 6.07) is 3.64. The average Bonchev–Trinajstić information content (AvgIpc) is 2.39. The van der Waals surface area contributed by atoms with Crippen molar-refractivity contribution in [2.24, 2.45) is 0 Å². The summed E-state index contributed by atoms with van der Waals surface area (Å²) in [5.74, 6) is -0.297. The maximum absolute atomic E-state index is 13.1. The minimum Gasteiger partial charge on any atom is -0.493 e. The summed E-state index contributed by atoms with van der Waals surface area (Å²) in [6.45, 7) is 4.18. The molecule has 7 heteroatoms. The van der Waals surface area contributed by atoms with Gasteiger partial charge in [-0.25, -0.2) is 4.39 Å². The van der Waals surface area contributed by atoms with E-state index >= 15 is 0 Å². The summed E-state index contributed by atoms with van der Waals surface area (Å²) >= 11 is 0. The zero-order valence-corrected chi connectivity index (χ0v) is 10.6. The lowest BCUT2D eigenvalue weighted by Crippen LogP contribution is -2.39. The van der Waals surface area contributed by atoms with E-state index in [0.29, 0.717) is 26.4 Å². The maximum atomic E-state index is 13.1. The molecular formula is C12H17BFNO4. The SMILES string of the molecule is OB(O)c1ccc(F)cc1OCCN1CCOCC1. The van der Waals surface area contributed by atoms with E-state index in [1.807, 2.05) is 0 Å². The van der Waals surface area contributed by atoms with Gasteiger partial charge in [0.05, 0.1) is 13.2 Å². The summed E-state index contributed by atoms with van der Waals surface area (Å²) in [7, 11) is -1.67. The van der Waals surface area contributed by atoms with Gasteiger partial charge in [-0.3, -0.25) is 4.90 Å². The molecule has 2 rings (SSSR count). The molecule has 1 fully saturated rings. The topological polar surface area (TPSA) is 62.2 Å². The van der Waals surface area contributed by atoms with Gasteiger partial charge in [-0.15, -0.1) is 0 Å². The van der Waals surface area contributed by atoms with Crippen LogP contribution < -0.4 is 10.2 Å². The number of rotatable bonds is 5. The summed E-state index contributed by atoms with van der Waals surface area (Å²) in [4.78, 5) is 2.18. The summed E-state index contributed by atoms with van der Waals surface area (Å²) in [5.41, 5.74) is 0.170. The monoisotopic (exact) mass is 269 g/mol. The molecule has 1 heterocycles. The molecule has 1 aliphatic rings. The van der Waals surface area contributed by atoms with E-state index in [9.17, 15) is 4.39 Å². The van der Waals surface area contributed by atoms with E-state index in [4.69, 9.17) is 19.5 Å². The van der Waals surface area contributed by atoms with Gasteiger partial charge >= 0.3 is 7.12 Å². The third-order valence-electron chi connectivity index (χ3n) is 3.02. The van der Waals surface area contributed by atoms with Gasteiger partial charge in [0, 0.05) is 31.2 Å². The van der Waals surface area contributed by atoms with Crippen LogP contribution in [0.5, 0.6) is 5.75 Å². The third kappa shape index (κ3) is 4.17. The lowest BCUT2D eigenvalue weighted by atomic mass is 9.79. The normalized spacial score (nSPS) is 16.4. The summed E-state index contributed by atoms with van der Waals surface area (Å²) < 4.78 is 23.8. The number of nitrogens with zero attached hydrogens (tertiary/aromatic N) is 1. The number of hydrogen-bond acceptors (Lipinski definition) is 5. The first-order valence-corrected chi connectivity index (χ1v) is 6.25. The Balaban J connectivity index is 1.89. The molecule has 0 aromatic heterocycles. The van der Waals surface area contributed by atoms with E-state index in [0.717, 1.165) is 19.2 Å². The zero-order valence-electron chi connectivity index (χ0n) is 10.6. The maximum Gasteiger partial charge on any atom is 0.492 e. The van der Waals surface area contributed by atoms with Crippen LogP contribution in [0.3, 0.4) is 0 Å². The lowest BCUT2D eigenvalue weighted by molar-refractivity contribution is 0.0323. The average molecular weight is 269 g/mol. The molecule has 19 heavy (non-hydrogen) atoms. The number of morpholine rings is 1. The number of hydrogen-bond donors (Lipinski definition) is 2. The molecule has 0 spiro atoms. The van der Waals surface area contributed by atoms with Crippen molar-refractivity contribution in [1.29, 1.82) is 0 Å². The fraction of sp³-hybridized carbons (Fsp3) is 0.500. The van der Waals surface area contributed by atoms with Crippen LogP contribution in [0.2, 0.25) is 0 Å². The Morgan fingerprint density at radius 3 is 2.74 bits per heavy atom. The number of halogens is 1. The van der Waals surface area contributed by atoms with Gasteiger partial charge in [-0.2, -0.15) is 0 Å². The van der Waals surface area contributed by atoms with Crippen molar-refractivity contribution in [1.82, 2.24) is 4.90 Å². The van der Waals surface area contributed by atoms with Gasteiger partial charge in [0.15, 0.2) is 0 Å². The molecule has 1 aromatic carbocycles. The van der Waals surface area contributed by atoms with Gasteiger partial charge in [-0.05, 0) is 6.07 Å². The Kier molecular flexibility index (Phi) is 5.15. The highest BCUT2D eigenvalue weighted by atomic mass is 19.1. The van der Waals surface area contributed by atoms with Crippen molar-refractivity contribution in [2.45, 2.75) is 0 Å². The highest BCUT2D eigenvalue weighted by Gasteiger charge is 2.18. The van der Waals surface area contributed by atoms with Crippen molar-refractivity contribution in [3.63, 3.8) is 0 Å². The molecule has 5 nitrogen and oxygen atoms in total. The molecule has 1 aliphatic heterocycles. The van der Waals surface area contributed by atoms with Crippen molar-refractivity contribution < 1.29 is 23.9 Å². The second kappa shape index (κ2) is 6.86. The van der Waals surface area contributed by atoms with Crippen LogP contribution in [0, 0.1) is 5.82 Å². The van der Waals surface area contributed by atoms with Crippen LogP contribution in [0.25, 0.3) is 0 Å². The van der Waals surface area contributed by atoms with E-state index in [-0.39, 0.29) is 11.2 Å². The predicted molar refractivity (Wildman–Crippen MR) is 69.0 cm³/mol. The van der Waals surface area contributed by atoms with Crippen molar-refractivity contribution in [3.8, 4) is 5.75 Å². The number of ether oxygens (including phenoxy) is 2. The Hall–Kier alpha value is -1.15. The molecular weight excluding hydrogens is 252 g/mol. The molecule has 0 saturated carbocycles. The third-order valence-corrected chi connectivity index (χ3v) is 3.02. The van der Waals surface area contributed by atoms with Crippen LogP contribution in [0.15, 0.2) is 18.2 Å². The quantitative estimate of drug-likeness (QED) is 0.686. The largest absolute Gasteiger partial charge is 0.493 e. The molecule has 0 radical (unpaired) electrons. The molecule has 0 aliphatic carbocycles. The van der Waals surface area contributed by atoms with Gasteiger partial charge in [0.1, 0.15) is 18.2 Å². The standard InChI is InChI=1S/C12H17BFNO4/c14-10-1-2-11(13(16)17)12(9-10)19-8-5-15-3-6-18-7-4-15/h1-2,9,16-17H,3-8H2. The molecule has 0 atom stereocenters. The van der Waals surface area contributed by atoms with Crippen LogP contribution in [-0.2, 0) is 4.74 Å². The van der Waals surface area contributed by atoms with Crippen LogP contribution >= 0.6 is 0 Å². The van der Waals surface area contributed by atoms with Crippen molar-refractivity contribution in [3.05, 3.63) is 24.0 Å². The summed E-state index contributed by atoms with van der Waals surface area (Å²) in [5, 5.41) is 18.3. The van der Waals surface area contributed by atoms with Gasteiger partial charge in [0.2, 0.25) is 0 Å². The van der Waals surface area contributed by atoms with Crippen LogP contribution in [-0.4, -0.2) is 61.5 Å². The van der Waals surface area contributed by atoms with Crippen molar-refractivity contribution >= 4 is 12.6 Å². The predicted octanol–water partition coefficient (Wildman–Crippen LogP) is -0.783. The highest BCUT2D eigenvalue weighted by Crippen LogP contribution is 2.10. The first-order chi connectivity index (χ1) is 9.16. The van der Waals surface area contributed by atoms with Crippen LogP contribution in [0.1, 0.15) is 0 Å². The van der Waals surface area contributed by atoms with Crippen LogP contribution in [0.4, 0.5) is 4.39 Å². The van der Waals surface area contributed by atoms with E-state index in [1.54, 1.807) is 0 Å². The Bertz CT molecular complexity index is 413. The lowest BCUT2D eigenvalue weighted by Gasteiger charge is -2.26. The summed E-state index contributed by atoms with van der Waals surface area (Å²) in [6.07, 6.45) is 0. The molecule has 104 valence electrons. The fourth-order valence-electron chi connectivity index (χ4n) is 1.96. The second-order valence-electron chi connectivity index (χ2n) is 4.36. The van der Waals surface area contributed by atoms with E-state index in [1.165, 1.54) is 12.1 Å². The Morgan fingerprint density at radius 1 is 1.32 bits per heavy atom. The van der Waals surface area contributed by atoms with Gasteiger partial charge in [0.25, 0.3) is 0 Å². The molecule has 1 aromatic rings. The second-order valence-corrected chi connectivity index (χ2v) is 4.36. The van der Waals surface area contributed by atoms with Gasteiger partial charge < -0.3 is 19.5 Å².